The number of nitrogens with zero attached hydrogens (tertiary/aromatic N) is 3. The molecular formula is C31H35ClN4O6S2. The van der Waals surface area contributed by atoms with Gasteiger partial charge in [-0.1, -0.05) is 44.5 Å². The summed E-state index contributed by atoms with van der Waals surface area (Å²) in [6.07, 6.45) is 1.51. The lowest BCUT2D eigenvalue weighted by Crippen LogP contribution is -2.54. The SMILES string of the molecule is CC(C)(C)OC(=O)N(c1cccc(C(N)(Cc2cc3ccc(Cl)cc3s2)S(=O)(=O)c2cccnc2)n1)C(C(=O)O)C(C)(C)C. The molecule has 3 aromatic heterocycles. The van der Waals surface area contributed by atoms with Gasteiger partial charge in [0.1, 0.15) is 17.5 Å². The quantitative estimate of drug-likeness (QED) is 0.218. The molecule has 13 heteroatoms. The van der Waals surface area contributed by atoms with Crippen molar-refractivity contribution in [2.75, 3.05) is 4.90 Å². The molecule has 0 aliphatic rings. The van der Waals surface area contributed by atoms with Gasteiger partial charge in [-0.25, -0.2) is 27.9 Å². The Labute approximate surface area is 265 Å². The molecular weight excluding hydrogens is 624 g/mol. The summed E-state index contributed by atoms with van der Waals surface area (Å²) in [5, 5.41) is 11.7. The molecule has 3 heterocycles. The molecule has 0 aliphatic carbocycles. The molecule has 0 aliphatic heterocycles. The molecule has 4 aromatic rings. The van der Waals surface area contributed by atoms with Gasteiger partial charge in [-0.3, -0.25) is 4.98 Å². The first-order valence-electron chi connectivity index (χ1n) is 13.7. The summed E-state index contributed by atoms with van der Waals surface area (Å²) < 4.78 is 35.1. The number of halogens is 1. The number of hydrogen-bond donors (Lipinski definition) is 2. The zero-order valence-corrected chi connectivity index (χ0v) is 27.6. The van der Waals surface area contributed by atoms with E-state index in [9.17, 15) is 23.1 Å². The fourth-order valence-corrected chi connectivity index (χ4v) is 7.89. The molecule has 1 amide bonds. The maximum atomic E-state index is 14.3. The highest BCUT2D eigenvalue weighted by Crippen LogP contribution is 2.39. The molecule has 0 fully saturated rings. The van der Waals surface area contributed by atoms with E-state index in [0.717, 1.165) is 15.0 Å². The number of hydrogen-bond acceptors (Lipinski definition) is 9. The summed E-state index contributed by atoms with van der Waals surface area (Å²) in [7, 11) is -4.37. The molecule has 0 spiro atoms. The first-order valence-corrected chi connectivity index (χ1v) is 16.4. The van der Waals surface area contributed by atoms with E-state index in [1.165, 1.54) is 54.1 Å². The molecule has 2 unspecified atom stereocenters. The van der Waals surface area contributed by atoms with Gasteiger partial charge in [0.2, 0.25) is 9.84 Å². The van der Waals surface area contributed by atoms with Crippen molar-refractivity contribution in [3.63, 3.8) is 0 Å². The van der Waals surface area contributed by atoms with Gasteiger partial charge in [0.25, 0.3) is 0 Å². The molecule has 3 N–H and O–H groups in total. The van der Waals surface area contributed by atoms with Gasteiger partial charge in [-0.05, 0) is 74.0 Å². The number of carboxylic acids is 1. The Morgan fingerprint density at radius 1 is 1.07 bits per heavy atom. The van der Waals surface area contributed by atoms with Crippen LogP contribution < -0.4 is 10.6 Å². The van der Waals surface area contributed by atoms with Gasteiger partial charge in [0, 0.05) is 33.4 Å². The lowest BCUT2D eigenvalue weighted by Gasteiger charge is -2.37. The Kier molecular flexibility index (Phi) is 9.14. The van der Waals surface area contributed by atoms with Crippen LogP contribution in [0.4, 0.5) is 10.6 Å². The number of sulfone groups is 1. The number of pyridine rings is 2. The molecule has 44 heavy (non-hydrogen) atoms. The zero-order chi connectivity index (χ0) is 32.7. The summed E-state index contributed by atoms with van der Waals surface area (Å²) in [5.74, 6) is -1.42. The Bertz CT molecular complexity index is 1800. The van der Waals surface area contributed by atoms with Crippen molar-refractivity contribution in [3.05, 3.63) is 82.6 Å². The number of benzene rings is 1. The standard InChI is InChI=1S/C31H35ClN4O6S2/c1-29(2,3)26(27(37)38)36(28(39)42-30(4,5)6)25-11-7-10-24(35-25)31(33,44(40,41)22-9-8-14-34-18-22)17-21-15-19-12-13-20(32)16-23(19)43-21/h7-16,18,26H,17,33H2,1-6H3,(H,37,38). The number of carboxylic acid groups (broad SMARTS) is 1. The monoisotopic (exact) mass is 658 g/mol. The predicted molar refractivity (Wildman–Crippen MR) is 172 cm³/mol. The fraction of sp³-hybridized carbons (Fsp3) is 0.355. The topological polar surface area (TPSA) is 153 Å². The summed E-state index contributed by atoms with van der Waals surface area (Å²) >= 11 is 7.53. The Morgan fingerprint density at radius 2 is 1.77 bits per heavy atom. The van der Waals surface area contributed by atoms with Gasteiger partial charge in [0.15, 0.2) is 4.87 Å². The third-order valence-electron chi connectivity index (χ3n) is 6.71. The van der Waals surface area contributed by atoms with Crippen molar-refractivity contribution in [3.8, 4) is 0 Å². The number of fused-ring (bicyclic) bond motifs is 1. The van der Waals surface area contributed by atoms with Crippen LogP contribution in [0.3, 0.4) is 0 Å². The van der Waals surface area contributed by atoms with E-state index < -0.39 is 43.8 Å². The maximum absolute atomic E-state index is 14.3. The number of amides is 1. The average Bonchev–Trinajstić information content (AvgIpc) is 3.31. The Morgan fingerprint density at radius 3 is 2.36 bits per heavy atom. The number of ether oxygens (including phenoxy) is 1. The minimum Gasteiger partial charge on any atom is -0.480 e. The number of thiophene rings is 1. The molecule has 2 atom stereocenters. The van der Waals surface area contributed by atoms with Crippen molar-refractivity contribution in [1.82, 2.24) is 9.97 Å². The number of aliphatic carboxylic acids is 1. The second-order valence-corrected chi connectivity index (χ2v) is 16.3. The van der Waals surface area contributed by atoms with Gasteiger partial charge < -0.3 is 15.6 Å². The highest BCUT2D eigenvalue weighted by Gasteiger charge is 2.47. The van der Waals surface area contributed by atoms with E-state index in [-0.39, 0.29) is 22.8 Å². The smallest absolute Gasteiger partial charge is 0.416 e. The van der Waals surface area contributed by atoms with Crippen LogP contribution in [0.15, 0.2) is 71.9 Å². The van der Waals surface area contributed by atoms with Crippen molar-refractivity contribution in [2.24, 2.45) is 11.1 Å². The van der Waals surface area contributed by atoms with E-state index >= 15 is 0 Å². The van der Waals surface area contributed by atoms with Crippen molar-refractivity contribution >= 4 is 60.7 Å². The second kappa shape index (κ2) is 12.1. The number of anilines is 1. The highest BCUT2D eigenvalue weighted by atomic mass is 35.5. The maximum Gasteiger partial charge on any atom is 0.416 e. The van der Waals surface area contributed by atoms with Crippen LogP contribution in [-0.2, 0) is 30.7 Å². The second-order valence-electron chi connectivity index (χ2n) is 12.5. The van der Waals surface area contributed by atoms with Crippen LogP contribution in [0.5, 0.6) is 0 Å². The number of carbonyl (C=O) groups is 2. The number of carbonyl (C=O) groups excluding carboxylic acids is 1. The minimum absolute atomic E-state index is 0.0963. The van der Waals surface area contributed by atoms with E-state index in [1.807, 2.05) is 12.1 Å². The van der Waals surface area contributed by atoms with E-state index in [1.54, 1.807) is 53.7 Å². The average molecular weight is 659 g/mol. The first-order chi connectivity index (χ1) is 20.3. The van der Waals surface area contributed by atoms with Gasteiger partial charge >= 0.3 is 12.1 Å². The molecule has 0 radical (unpaired) electrons. The third-order valence-corrected chi connectivity index (χ3v) is 10.2. The van der Waals surface area contributed by atoms with Crippen LogP contribution in [0.25, 0.3) is 10.1 Å². The molecule has 234 valence electrons. The zero-order valence-electron chi connectivity index (χ0n) is 25.2. The molecule has 4 rings (SSSR count). The summed E-state index contributed by atoms with van der Waals surface area (Å²) in [6.45, 7) is 9.97. The summed E-state index contributed by atoms with van der Waals surface area (Å²) in [6, 6.07) is 13.0. The molecule has 10 nitrogen and oxygen atoms in total. The number of aromatic nitrogens is 2. The lowest BCUT2D eigenvalue weighted by molar-refractivity contribution is -0.141. The fourth-order valence-electron chi connectivity index (χ4n) is 4.75. The molecule has 0 saturated heterocycles. The van der Waals surface area contributed by atoms with E-state index in [2.05, 4.69) is 9.97 Å². The third kappa shape index (κ3) is 6.88. The van der Waals surface area contributed by atoms with Crippen LogP contribution >= 0.6 is 22.9 Å². The highest BCUT2D eigenvalue weighted by molar-refractivity contribution is 7.92. The summed E-state index contributed by atoms with van der Waals surface area (Å²) in [4.78, 5) is 34.1. The predicted octanol–water partition coefficient (Wildman–Crippen LogP) is 6.41. The van der Waals surface area contributed by atoms with Gasteiger partial charge in [0.05, 0.1) is 10.6 Å². The van der Waals surface area contributed by atoms with Crippen LogP contribution in [0, 0.1) is 5.41 Å². The van der Waals surface area contributed by atoms with E-state index in [0.29, 0.717) is 9.90 Å². The number of rotatable bonds is 8. The van der Waals surface area contributed by atoms with Crippen molar-refractivity contribution in [1.29, 1.82) is 0 Å². The minimum atomic E-state index is -4.37. The van der Waals surface area contributed by atoms with Crippen LogP contribution in [0.2, 0.25) is 5.02 Å². The number of nitrogens with two attached hydrogens (primary N) is 1. The van der Waals surface area contributed by atoms with Gasteiger partial charge in [-0.2, -0.15) is 0 Å². The van der Waals surface area contributed by atoms with Crippen LogP contribution in [-0.4, -0.2) is 47.2 Å². The van der Waals surface area contributed by atoms with Crippen molar-refractivity contribution in [2.45, 2.75) is 69.4 Å². The molecule has 1 aromatic carbocycles. The van der Waals surface area contributed by atoms with Crippen LogP contribution in [0.1, 0.15) is 52.1 Å². The Hall–Kier alpha value is -3.58. The normalized spacial score (nSPS) is 14.5. The van der Waals surface area contributed by atoms with Gasteiger partial charge in [-0.15, -0.1) is 11.3 Å². The van der Waals surface area contributed by atoms with Crippen molar-refractivity contribution < 1.29 is 27.9 Å². The molecule has 0 saturated carbocycles. The lowest BCUT2D eigenvalue weighted by atomic mass is 9.85. The Balaban J connectivity index is 1.94. The largest absolute Gasteiger partial charge is 0.480 e. The first kappa shape index (κ1) is 33.3. The molecule has 0 bridgehead atoms. The summed E-state index contributed by atoms with van der Waals surface area (Å²) in [5.41, 5.74) is 4.91. The van der Waals surface area contributed by atoms with E-state index in [4.69, 9.17) is 22.1 Å².